The monoisotopic (exact) mass is 377 g/mol. The van der Waals surface area contributed by atoms with Crippen LogP contribution in [0.4, 0.5) is 0 Å². The number of benzene rings is 2. The number of carbonyl (C=O) groups excluding carboxylic acids is 1. The van der Waals surface area contributed by atoms with Crippen LogP contribution >= 0.6 is 11.8 Å². The van der Waals surface area contributed by atoms with Gasteiger partial charge in [-0.25, -0.2) is 0 Å². The third-order valence-corrected chi connectivity index (χ3v) is 6.02. The van der Waals surface area contributed by atoms with Gasteiger partial charge in [0.25, 0.3) is 5.91 Å². The molecule has 4 nitrogen and oxygen atoms in total. The van der Waals surface area contributed by atoms with Gasteiger partial charge in [-0.05, 0) is 41.5 Å². The van der Waals surface area contributed by atoms with Crippen LogP contribution < -0.4 is 0 Å². The number of amidine groups is 1. The first-order valence-corrected chi connectivity index (χ1v) is 10.1. The predicted molar refractivity (Wildman–Crippen MR) is 112 cm³/mol. The molecule has 4 rings (SSSR count). The first-order valence-electron chi connectivity index (χ1n) is 9.28. The molecule has 2 heterocycles. The highest BCUT2D eigenvalue weighted by Crippen LogP contribution is 2.31. The summed E-state index contributed by atoms with van der Waals surface area (Å²) in [6.45, 7) is 6.82. The molecule has 1 saturated heterocycles. The SMILES string of the molecule is Cc1ccccc1/C=C1\SC(N2CCN(Cc3ccccc3)CC2)=NC1=O. The van der Waals surface area contributed by atoms with Gasteiger partial charge in [0.05, 0.1) is 4.91 Å². The van der Waals surface area contributed by atoms with Crippen molar-refractivity contribution in [3.63, 3.8) is 0 Å². The number of aryl methyl sites for hydroxylation is 1. The second-order valence-corrected chi connectivity index (χ2v) is 7.92. The summed E-state index contributed by atoms with van der Waals surface area (Å²) in [6, 6.07) is 18.7. The normalized spacial score (nSPS) is 19.6. The number of piperazine rings is 1. The zero-order valence-corrected chi connectivity index (χ0v) is 16.3. The Morgan fingerprint density at radius 2 is 1.70 bits per heavy atom. The maximum absolute atomic E-state index is 12.3. The molecule has 2 aromatic rings. The van der Waals surface area contributed by atoms with E-state index in [1.807, 2.05) is 24.3 Å². The Morgan fingerprint density at radius 1 is 1.00 bits per heavy atom. The molecule has 2 aliphatic heterocycles. The minimum atomic E-state index is -0.120. The van der Waals surface area contributed by atoms with Gasteiger partial charge in [-0.15, -0.1) is 0 Å². The number of hydrogen-bond donors (Lipinski definition) is 0. The molecule has 0 saturated carbocycles. The van der Waals surface area contributed by atoms with Crippen LogP contribution in [-0.2, 0) is 11.3 Å². The number of nitrogens with zero attached hydrogens (tertiary/aromatic N) is 3. The minimum Gasteiger partial charge on any atom is -0.348 e. The summed E-state index contributed by atoms with van der Waals surface area (Å²) in [5, 5.41) is 0.846. The van der Waals surface area contributed by atoms with E-state index in [2.05, 4.69) is 58.1 Å². The van der Waals surface area contributed by atoms with Crippen molar-refractivity contribution in [1.29, 1.82) is 0 Å². The highest BCUT2D eigenvalue weighted by molar-refractivity contribution is 8.18. The fourth-order valence-electron chi connectivity index (χ4n) is 3.36. The number of hydrogen-bond acceptors (Lipinski definition) is 4. The fourth-order valence-corrected chi connectivity index (χ4v) is 4.32. The van der Waals surface area contributed by atoms with Crippen LogP contribution in [0.2, 0.25) is 0 Å². The molecule has 1 fully saturated rings. The number of rotatable bonds is 3. The van der Waals surface area contributed by atoms with Gasteiger partial charge in [0.15, 0.2) is 5.17 Å². The van der Waals surface area contributed by atoms with Crippen molar-refractivity contribution in [2.24, 2.45) is 4.99 Å². The molecule has 0 bridgehead atoms. The number of thioether (sulfide) groups is 1. The van der Waals surface area contributed by atoms with Crippen LogP contribution in [0.1, 0.15) is 16.7 Å². The Morgan fingerprint density at radius 3 is 2.44 bits per heavy atom. The number of amides is 1. The van der Waals surface area contributed by atoms with Crippen LogP contribution in [0.15, 0.2) is 64.5 Å². The zero-order chi connectivity index (χ0) is 18.6. The summed E-state index contributed by atoms with van der Waals surface area (Å²) in [6.07, 6.45) is 1.96. The lowest BCUT2D eigenvalue weighted by atomic mass is 10.1. The highest BCUT2D eigenvalue weighted by atomic mass is 32.2. The summed E-state index contributed by atoms with van der Waals surface area (Å²) < 4.78 is 0. The molecule has 1 amide bonds. The third kappa shape index (κ3) is 4.31. The smallest absolute Gasteiger partial charge is 0.286 e. The highest BCUT2D eigenvalue weighted by Gasteiger charge is 2.28. The van der Waals surface area contributed by atoms with Gasteiger partial charge in [-0.3, -0.25) is 9.69 Å². The van der Waals surface area contributed by atoms with E-state index in [1.54, 1.807) is 0 Å². The van der Waals surface area contributed by atoms with Crippen LogP contribution in [-0.4, -0.2) is 47.1 Å². The second kappa shape index (κ2) is 8.11. The Hall–Kier alpha value is -2.37. The molecule has 5 heteroatoms. The molecular weight excluding hydrogens is 354 g/mol. The number of aliphatic imine (C=N–C) groups is 1. The summed E-state index contributed by atoms with van der Waals surface area (Å²) in [5.41, 5.74) is 3.59. The van der Waals surface area contributed by atoms with Gasteiger partial charge in [0.1, 0.15) is 0 Å². The molecule has 27 heavy (non-hydrogen) atoms. The maximum atomic E-state index is 12.3. The van der Waals surface area contributed by atoms with E-state index < -0.39 is 0 Å². The van der Waals surface area contributed by atoms with Gasteiger partial charge >= 0.3 is 0 Å². The molecule has 0 unspecified atom stereocenters. The van der Waals surface area contributed by atoms with E-state index in [9.17, 15) is 4.79 Å². The largest absolute Gasteiger partial charge is 0.348 e. The minimum absolute atomic E-state index is 0.120. The summed E-state index contributed by atoms with van der Waals surface area (Å²) in [7, 11) is 0. The molecule has 0 radical (unpaired) electrons. The van der Waals surface area contributed by atoms with Crippen molar-refractivity contribution < 1.29 is 4.79 Å². The Labute approximate surface area is 164 Å². The zero-order valence-electron chi connectivity index (χ0n) is 15.5. The van der Waals surface area contributed by atoms with E-state index in [0.29, 0.717) is 4.91 Å². The average Bonchev–Trinajstić information content (AvgIpc) is 3.05. The number of carbonyl (C=O) groups is 1. The quantitative estimate of drug-likeness (QED) is 0.763. The maximum Gasteiger partial charge on any atom is 0.286 e. The van der Waals surface area contributed by atoms with E-state index >= 15 is 0 Å². The molecule has 0 spiro atoms. The lowest BCUT2D eigenvalue weighted by Gasteiger charge is -2.35. The van der Waals surface area contributed by atoms with E-state index in [4.69, 9.17) is 0 Å². The van der Waals surface area contributed by atoms with Crippen molar-refractivity contribution in [3.8, 4) is 0 Å². The molecule has 0 N–H and O–H groups in total. The van der Waals surface area contributed by atoms with Crippen molar-refractivity contribution in [3.05, 3.63) is 76.2 Å². The molecule has 138 valence electrons. The van der Waals surface area contributed by atoms with Crippen molar-refractivity contribution in [2.75, 3.05) is 26.2 Å². The third-order valence-electron chi connectivity index (χ3n) is 4.98. The van der Waals surface area contributed by atoms with Crippen LogP contribution in [0, 0.1) is 6.92 Å². The molecule has 2 aliphatic rings. The van der Waals surface area contributed by atoms with Crippen molar-refractivity contribution in [1.82, 2.24) is 9.80 Å². The van der Waals surface area contributed by atoms with Gasteiger partial charge in [0.2, 0.25) is 0 Å². The van der Waals surface area contributed by atoms with Crippen LogP contribution in [0.3, 0.4) is 0 Å². The van der Waals surface area contributed by atoms with Crippen molar-refractivity contribution in [2.45, 2.75) is 13.5 Å². The fraction of sp³-hybridized carbons (Fsp3) is 0.273. The summed E-state index contributed by atoms with van der Waals surface area (Å²) >= 11 is 1.50. The van der Waals surface area contributed by atoms with Crippen LogP contribution in [0.25, 0.3) is 6.08 Å². The molecule has 2 aromatic carbocycles. The standard InChI is InChI=1S/C22H23N3OS/c1-17-7-5-6-10-19(17)15-20-21(26)23-22(27-20)25-13-11-24(12-14-25)16-18-8-3-2-4-9-18/h2-10,15H,11-14,16H2,1H3/b20-15-. The Kier molecular flexibility index (Phi) is 5.41. The lowest BCUT2D eigenvalue weighted by Crippen LogP contribution is -2.47. The van der Waals surface area contributed by atoms with Crippen molar-refractivity contribution >= 4 is 28.9 Å². The van der Waals surface area contributed by atoms with Gasteiger partial charge in [0, 0.05) is 32.7 Å². The Bertz CT molecular complexity index is 883. The summed E-state index contributed by atoms with van der Waals surface area (Å²) in [5.74, 6) is -0.120. The predicted octanol–water partition coefficient (Wildman–Crippen LogP) is 3.78. The first-order chi connectivity index (χ1) is 13.2. The molecular formula is C22H23N3OS. The van der Waals surface area contributed by atoms with Gasteiger partial charge < -0.3 is 4.90 Å². The molecule has 0 aliphatic carbocycles. The average molecular weight is 378 g/mol. The molecule has 0 atom stereocenters. The van der Waals surface area contributed by atoms with E-state index in [1.165, 1.54) is 22.9 Å². The second-order valence-electron chi connectivity index (χ2n) is 6.92. The first kappa shape index (κ1) is 18.0. The van der Waals surface area contributed by atoms with Gasteiger partial charge in [-0.2, -0.15) is 4.99 Å². The molecule has 0 aromatic heterocycles. The van der Waals surface area contributed by atoms with E-state index in [-0.39, 0.29) is 5.91 Å². The Balaban J connectivity index is 1.36. The lowest BCUT2D eigenvalue weighted by molar-refractivity contribution is -0.113. The van der Waals surface area contributed by atoms with Gasteiger partial charge in [-0.1, -0.05) is 54.6 Å². The summed E-state index contributed by atoms with van der Waals surface area (Å²) in [4.78, 5) is 22.1. The van der Waals surface area contributed by atoms with Crippen LogP contribution in [0.5, 0.6) is 0 Å². The topological polar surface area (TPSA) is 35.9 Å². The van der Waals surface area contributed by atoms with E-state index in [0.717, 1.165) is 43.5 Å².